The molecule has 0 saturated carbocycles. The van der Waals surface area contributed by atoms with E-state index in [2.05, 4.69) is 4.98 Å². The summed E-state index contributed by atoms with van der Waals surface area (Å²) in [7, 11) is 0. The molecular weight excluding hydrogens is 386 g/mol. The van der Waals surface area contributed by atoms with Crippen LogP contribution in [0.4, 0.5) is 0 Å². The summed E-state index contributed by atoms with van der Waals surface area (Å²) in [6.45, 7) is 0. The van der Waals surface area contributed by atoms with Gasteiger partial charge < -0.3 is 9.52 Å². The first kappa shape index (κ1) is 19.0. The molecule has 0 aliphatic rings. The van der Waals surface area contributed by atoms with Gasteiger partial charge in [-0.25, -0.2) is 4.98 Å². The van der Waals surface area contributed by atoms with Gasteiger partial charge in [-0.15, -0.1) is 0 Å². The first-order valence-electron chi connectivity index (χ1n) is 9.17. The zero-order valence-corrected chi connectivity index (χ0v) is 16.3. The van der Waals surface area contributed by atoms with Crippen LogP contribution in [0.15, 0.2) is 83.4 Å². The van der Waals surface area contributed by atoms with Crippen LogP contribution in [0.25, 0.3) is 22.5 Å². The molecule has 1 heterocycles. The lowest BCUT2D eigenvalue weighted by molar-refractivity contribution is -0.136. The van der Waals surface area contributed by atoms with E-state index in [1.165, 1.54) is 0 Å². The highest BCUT2D eigenvalue weighted by Crippen LogP contribution is 2.26. The first-order chi connectivity index (χ1) is 14.1. The summed E-state index contributed by atoms with van der Waals surface area (Å²) < 4.78 is 5.90. The summed E-state index contributed by atoms with van der Waals surface area (Å²) in [5.74, 6) is 0.523. The standard InChI is InChI=1S/C24H18ClNO3/c25-21-3-1-2-17(12-21)13-23-26-15-22(29-23)20-10-8-19(9-11-20)18-6-4-16(5-7-18)14-24(27)28/h1-12,15H,13-14H2,(H,27,28). The molecule has 4 nitrogen and oxygen atoms in total. The fourth-order valence-electron chi connectivity index (χ4n) is 3.16. The van der Waals surface area contributed by atoms with Crippen molar-refractivity contribution >= 4 is 17.6 Å². The molecule has 4 aromatic rings. The molecule has 1 aromatic heterocycles. The Morgan fingerprint density at radius 2 is 1.55 bits per heavy atom. The lowest BCUT2D eigenvalue weighted by Gasteiger charge is -2.04. The molecule has 0 radical (unpaired) electrons. The monoisotopic (exact) mass is 403 g/mol. The highest BCUT2D eigenvalue weighted by molar-refractivity contribution is 6.30. The smallest absolute Gasteiger partial charge is 0.307 e. The lowest BCUT2D eigenvalue weighted by atomic mass is 10.0. The lowest BCUT2D eigenvalue weighted by Crippen LogP contribution is -1.99. The predicted molar refractivity (Wildman–Crippen MR) is 113 cm³/mol. The second kappa shape index (κ2) is 8.33. The Labute approximate surface area is 173 Å². The van der Waals surface area contributed by atoms with E-state index in [4.69, 9.17) is 21.1 Å². The topological polar surface area (TPSA) is 63.3 Å². The third kappa shape index (κ3) is 4.73. The first-order valence-corrected chi connectivity index (χ1v) is 9.55. The number of hydrogen-bond acceptors (Lipinski definition) is 3. The number of halogens is 1. The number of carbonyl (C=O) groups is 1. The Kier molecular flexibility index (Phi) is 5.45. The van der Waals surface area contributed by atoms with Gasteiger partial charge in [-0.1, -0.05) is 72.3 Å². The largest absolute Gasteiger partial charge is 0.481 e. The minimum Gasteiger partial charge on any atom is -0.481 e. The van der Waals surface area contributed by atoms with Gasteiger partial charge in [0.2, 0.25) is 0 Å². The Morgan fingerprint density at radius 1 is 0.897 bits per heavy atom. The van der Waals surface area contributed by atoms with Crippen molar-refractivity contribution in [2.75, 3.05) is 0 Å². The molecule has 0 unspecified atom stereocenters. The van der Waals surface area contributed by atoms with Gasteiger partial charge in [0, 0.05) is 17.0 Å². The summed E-state index contributed by atoms with van der Waals surface area (Å²) >= 11 is 6.03. The van der Waals surface area contributed by atoms with Gasteiger partial charge in [0.1, 0.15) is 0 Å². The van der Waals surface area contributed by atoms with Gasteiger partial charge in [0.05, 0.1) is 12.6 Å². The van der Waals surface area contributed by atoms with Crippen LogP contribution in [0.2, 0.25) is 5.02 Å². The summed E-state index contributed by atoms with van der Waals surface area (Å²) in [6.07, 6.45) is 2.35. The van der Waals surface area contributed by atoms with Gasteiger partial charge in [-0.05, 0) is 34.4 Å². The van der Waals surface area contributed by atoms with Crippen molar-refractivity contribution in [3.8, 4) is 22.5 Å². The number of carboxylic acids is 1. The number of hydrogen-bond donors (Lipinski definition) is 1. The van der Waals surface area contributed by atoms with Crippen molar-refractivity contribution in [3.63, 3.8) is 0 Å². The van der Waals surface area contributed by atoms with Crippen molar-refractivity contribution < 1.29 is 14.3 Å². The molecule has 0 aliphatic carbocycles. The van der Waals surface area contributed by atoms with E-state index in [-0.39, 0.29) is 6.42 Å². The fourth-order valence-corrected chi connectivity index (χ4v) is 3.38. The van der Waals surface area contributed by atoms with Gasteiger partial charge in [-0.3, -0.25) is 4.79 Å². The average molecular weight is 404 g/mol. The molecule has 1 N–H and O–H groups in total. The quantitative estimate of drug-likeness (QED) is 0.436. The van der Waals surface area contributed by atoms with Crippen LogP contribution in [-0.2, 0) is 17.6 Å². The molecule has 5 heteroatoms. The zero-order valence-electron chi connectivity index (χ0n) is 15.5. The van der Waals surface area contributed by atoms with E-state index in [1.807, 2.05) is 72.8 Å². The zero-order chi connectivity index (χ0) is 20.2. The highest BCUT2D eigenvalue weighted by atomic mass is 35.5. The summed E-state index contributed by atoms with van der Waals surface area (Å²) in [4.78, 5) is 15.2. The number of aliphatic carboxylic acids is 1. The minimum atomic E-state index is -0.830. The van der Waals surface area contributed by atoms with E-state index in [9.17, 15) is 4.79 Å². The maximum atomic E-state index is 10.8. The Morgan fingerprint density at radius 3 is 2.21 bits per heavy atom. The van der Waals surface area contributed by atoms with Crippen LogP contribution in [0.3, 0.4) is 0 Å². The van der Waals surface area contributed by atoms with Gasteiger partial charge >= 0.3 is 5.97 Å². The van der Waals surface area contributed by atoms with E-state index in [0.29, 0.717) is 23.1 Å². The van der Waals surface area contributed by atoms with Crippen LogP contribution in [0.1, 0.15) is 17.0 Å². The molecule has 144 valence electrons. The Hall–Kier alpha value is -3.37. The Bertz CT molecular complexity index is 1130. The van der Waals surface area contributed by atoms with E-state index in [0.717, 1.165) is 27.8 Å². The molecule has 29 heavy (non-hydrogen) atoms. The summed E-state index contributed by atoms with van der Waals surface area (Å²) in [5, 5.41) is 9.56. The van der Waals surface area contributed by atoms with E-state index in [1.54, 1.807) is 6.20 Å². The van der Waals surface area contributed by atoms with Crippen LogP contribution < -0.4 is 0 Å². The Balaban J connectivity index is 1.48. The molecule has 0 fully saturated rings. The molecule has 3 aromatic carbocycles. The molecule has 0 aliphatic heterocycles. The molecule has 0 amide bonds. The number of rotatable bonds is 6. The maximum Gasteiger partial charge on any atom is 0.307 e. The number of benzene rings is 3. The van der Waals surface area contributed by atoms with Gasteiger partial charge in [-0.2, -0.15) is 0 Å². The third-order valence-electron chi connectivity index (χ3n) is 4.61. The molecule has 4 rings (SSSR count). The van der Waals surface area contributed by atoms with Crippen LogP contribution in [-0.4, -0.2) is 16.1 Å². The van der Waals surface area contributed by atoms with Crippen LogP contribution in [0, 0.1) is 0 Å². The molecule has 0 spiro atoms. The second-order valence-electron chi connectivity index (χ2n) is 6.77. The van der Waals surface area contributed by atoms with Crippen molar-refractivity contribution in [2.45, 2.75) is 12.8 Å². The summed E-state index contributed by atoms with van der Waals surface area (Å²) in [6, 6.07) is 23.2. The van der Waals surface area contributed by atoms with E-state index >= 15 is 0 Å². The number of nitrogens with zero attached hydrogens (tertiary/aromatic N) is 1. The van der Waals surface area contributed by atoms with Gasteiger partial charge in [0.25, 0.3) is 0 Å². The number of oxazole rings is 1. The SMILES string of the molecule is O=C(O)Cc1ccc(-c2ccc(-c3cnc(Cc4cccc(Cl)c4)o3)cc2)cc1. The average Bonchev–Trinajstić information content (AvgIpc) is 3.17. The van der Waals surface area contributed by atoms with Crippen LogP contribution in [0.5, 0.6) is 0 Å². The highest BCUT2D eigenvalue weighted by Gasteiger charge is 2.08. The molecular formula is C24H18ClNO3. The second-order valence-corrected chi connectivity index (χ2v) is 7.21. The molecule has 0 atom stereocenters. The fraction of sp³-hybridized carbons (Fsp3) is 0.0833. The summed E-state index contributed by atoms with van der Waals surface area (Å²) in [5.41, 5.74) is 4.86. The van der Waals surface area contributed by atoms with E-state index < -0.39 is 5.97 Å². The molecule has 0 saturated heterocycles. The minimum absolute atomic E-state index is 0.0300. The molecule has 0 bridgehead atoms. The van der Waals surface area contributed by atoms with Crippen molar-refractivity contribution in [1.82, 2.24) is 4.98 Å². The number of carboxylic acid groups (broad SMARTS) is 1. The van der Waals surface area contributed by atoms with Crippen LogP contribution >= 0.6 is 11.6 Å². The maximum absolute atomic E-state index is 10.8. The van der Waals surface area contributed by atoms with Crippen molar-refractivity contribution in [3.05, 3.63) is 101 Å². The van der Waals surface area contributed by atoms with Crippen molar-refractivity contribution in [2.24, 2.45) is 0 Å². The normalized spacial score (nSPS) is 10.8. The van der Waals surface area contributed by atoms with Crippen molar-refractivity contribution in [1.29, 1.82) is 0 Å². The number of aromatic nitrogens is 1. The van der Waals surface area contributed by atoms with Gasteiger partial charge in [0.15, 0.2) is 11.7 Å². The predicted octanol–water partition coefficient (Wildman–Crippen LogP) is 5.88. The third-order valence-corrected chi connectivity index (χ3v) is 4.85.